The topological polar surface area (TPSA) is 46.3 Å². The normalized spacial score (nSPS) is 30.1. The molecular weight excluding hydrogens is 232 g/mol. The molecule has 1 unspecified atom stereocenters. The molecule has 0 radical (unpaired) electrons. The number of carbonyl (C=O) groups excluding carboxylic acids is 1. The van der Waals surface area contributed by atoms with Crippen molar-refractivity contribution in [3.63, 3.8) is 0 Å². The van der Waals surface area contributed by atoms with Crippen molar-refractivity contribution < 1.29 is 4.79 Å². The molecule has 1 atom stereocenters. The van der Waals surface area contributed by atoms with Crippen LogP contribution < -0.4 is 5.84 Å². The van der Waals surface area contributed by atoms with E-state index in [1.54, 1.807) is 0 Å². The molecule has 0 aromatic carbocycles. The first-order valence-electron chi connectivity index (χ1n) is 3.05. The third kappa shape index (κ3) is 1.74. The van der Waals surface area contributed by atoms with Gasteiger partial charge < -0.3 is 0 Å². The number of thiocarbonyl (C=S) groups is 1. The Balaban J connectivity index is 2.82. The summed E-state index contributed by atoms with van der Waals surface area (Å²) in [5.74, 6) is 5.30. The lowest BCUT2D eigenvalue weighted by Gasteiger charge is -2.16. The first-order chi connectivity index (χ1) is 5.51. The van der Waals surface area contributed by atoms with E-state index in [9.17, 15) is 4.79 Å². The second kappa shape index (κ2) is 3.75. The van der Waals surface area contributed by atoms with Crippen molar-refractivity contribution >= 4 is 55.8 Å². The number of carbonyl (C=O) groups is 1. The van der Waals surface area contributed by atoms with Crippen LogP contribution in [0.25, 0.3) is 0 Å². The molecule has 0 aromatic rings. The number of thioether (sulfide) groups is 1. The highest BCUT2D eigenvalue weighted by Crippen LogP contribution is 2.48. The predicted molar refractivity (Wildman–Crippen MR) is 60.7 cm³/mol. The lowest BCUT2D eigenvalue weighted by molar-refractivity contribution is -0.126. The van der Waals surface area contributed by atoms with Crippen LogP contribution >= 0.6 is 45.6 Å². The van der Waals surface area contributed by atoms with Crippen LogP contribution in [0, 0.1) is 0 Å². The molecule has 0 spiro atoms. The standard InChI is InChI=1S/C5H8N2OS4/c1-5(12-10-2)3(8)7(6)4(9)11-5/h6H2,1-2H3. The molecular formula is C5H8N2OS4. The van der Waals surface area contributed by atoms with E-state index in [1.165, 1.54) is 33.3 Å². The van der Waals surface area contributed by atoms with Gasteiger partial charge in [0.15, 0.2) is 8.40 Å². The minimum atomic E-state index is -0.536. The summed E-state index contributed by atoms with van der Waals surface area (Å²) in [6, 6.07) is 0. The molecule has 0 aliphatic carbocycles. The van der Waals surface area contributed by atoms with Crippen molar-refractivity contribution in [3.8, 4) is 0 Å². The van der Waals surface area contributed by atoms with Gasteiger partial charge in [0.1, 0.15) is 0 Å². The van der Waals surface area contributed by atoms with Crippen LogP contribution in [0.15, 0.2) is 0 Å². The van der Waals surface area contributed by atoms with E-state index in [4.69, 9.17) is 18.1 Å². The number of nitrogens with two attached hydrogens (primary N) is 1. The van der Waals surface area contributed by atoms with Gasteiger partial charge in [-0.3, -0.25) is 4.79 Å². The maximum atomic E-state index is 11.5. The van der Waals surface area contributed by atoms with E-state index in [0.29, 0.717) is 4.32 Å². The molecule has 1 heterocycles. The predicted octanol–water partition coefficient (Wildman–Crippen LogP) is 1.45. The van der Waals surface area contributed by atoms with E-state index in [2.05, 4.69) is 0 Å². The van der Waals surface area contributed by atoms with Gasteiger partial charge in [-0.1, -0.05) is 45.6 Å². The summed E-state index contributed by atoms with van der Waals surface area (Å²) in [5.41, 5.74) is 0. The average molecular weight is 240 g/mol. The average Bonchev–Trinajstić information content (AvgIpc) is 2.17. The maximum Gasteiger partial charge on any atom is 0.269 e. The minimum Gasteiger partial charge on any atom is -0.270 e. The highest BCUT2D eigenvalue weighted by molar-refractivity contribution is 8.79. The quantitative estimate of drug-likeness (QED) is 0.341. The highest BCUT2D eigenvalue weighted by Gasteiger charge is 2.47. The molecule has 1 aliphatic rings. The molecule has 1 saturated heterocycles. The van der Waals surface area contributed by atoms with E-state index < -0.39 is 4.08 Å². The van der Waals surface area contributed by atoms with Crippen LogP contribution in [0.5, 0.6) is 0 Å². The largest absolute Gasteiger partial charge is 0.270 e. The second-order valence-corrected chi connectivity index (χ2v) is 7.37. The van der Waals surface area contributed by atoms with Gasteiger partial charge >= 0.3 is 0 Å². The third-order valence-corrected chi connectivity index (χ3v) is 5.69. The fourth-order valence-corrected chi connectivity index (χ4v) is 5.16. The summed E-state index contributed by atoms with van der Waals surface area (Å²) in [6.07, 6.45) is 1.92. The van der Waals surface area contributed by atoms with Crippen molar-refractivity contribution in [2.24, 2.45) is 5.84 Å². The maximum absolute atomic E-state index is 11.5. The summed E-state index contributed by atoms with van der Waals surface area (Å²) in [5, 5.41) is 1.04. The molecule has 1 fully saturated rings. The Kier molecular flexibility index (Phi) is 3.33. The molecule has 7 heteroatoms. The van der Waals surface area contributed by atoms with Crippen LogP contribution in [0.3, 0.4) is 0 Å². The first kappa shape index (κ1) is 10.6. The fraction of sp³-hybridized carbons (Fsp3) is 0.600. The molecule has 1 amide bonds. The number of hydrogen-bond acceptors (Lipinski definition) is 6. The molecule has 0 saturated carbocycles. The number of amides is 1. The van der Waals surface area contributed by atoms with Crippen molar-refractivity contribution in [2.75, 3.05) is 6.26 Å². The molecule has 2 N–H and O–H groups in total. The number of hydrazine groups is 1. The Morgan fingerprint density at radius 3 is 2.67 bits per heavy atom. The summed E-state index contributed by atoms with van der Waals surface area (Å²) >= 11 is 6.24. The zero-order valence-corrected chi connectivity index (χ0v) is 9.83. The van der Waals surface area contributed by atoms with Gasteiger partial charge in [-0.25, -0.2) is 10.9 Å². The van der Waals surface area contributed by atoms with Crippen LogP contribution in [0.4, 0.5) is 0 Å². The summed E-state index contributed by atoms with van der Waals surface area (Å²) in [7, 11) is 3.02. The molecule has 1 aliphatic heterocycles. The number of hydrogen-bond donors (Lipinski definition) is 1. The van der Waals surface area contributed by atoms with Crippen molar-refractivity contribution in [2.45, 2.75) is 11.0 Å². The molecule has 1 rings (SSSR count). The van der Waals surface area contributed by atoms with Crippen LogP contribution in [0.1, 0.15) is 6.92 Å². The second-order valence-electron chi connectivity index (χ2n) is 2.24. The molecule has 3 nitrogen and oxygen atoms in total. The SMILES string of the molecule is CSSC1(C)SC(=S)N(N)C1=O. The van der Waals surface area contributed by atoms with Gasteiger partial charge in [-0.05, 0) is 13.2 Å². The Labute approximate surface area is 88.6 Å². The molecule has 68 valence electrons. The van der Waals surface area contributed by atoms with Crippen molar-refractivity contribution in [1.29, 1.82) is 0 Å². The minimum absolute atomic E-state index is 0.128. The Morgan fingerprint density at radius 1 is 1.75 bits per heavy atom. The van der Waals surface area contributed by atoms with Gasteiger partial charge in [0.2, 0.25) is 0 Å². The van der Waals surface area contributed by atoms with Crippen LogP contribution in [-0.2, 0) is 4.79 Å². The lowest BCUT2D eigenvalue weighted by atomic mass is 10.4. The summed E-state index contributed by atoms with van der Waals surface area (Å²) in [6.45, 7) is 1.83. The Morgan fingerprint density at radius 2 is 2.33 bits per heavy atom. The van der Waals surface area contributed by atoms with E-state index >= 15 is 0 Å². The zero-order chi connectivity index (χ0) is 9.35. The van der Waals surface area contributed by atoms with Crippen molar-refractivity contribution in [3.05, 3.63) is 0 Å². The van der Waals surface area contributed by atoms with Crippen molar-refractivity contribution in [1.82, 2.24) is 5.01 Å². The highest BCUT2D eigenvalue weighted by atomic mass is 33.1. The van der Waals surface area contributed by atoms with E-state index in [0.717, 1.165) is 5.01 Å². The van der Waals surface area contributed by atoms with Crippen LogP contribution in [0.2, 0.25) is 0 Å². The fourth-order valence-electron chi connectivity index (χ4n) is 0.773. The molecule has 0 bridgehead atoms. The van der Waals surface area contributed by atoms with E-state index in [1.807, 2.05) is 13.2 Å². The Hall–Kier alpha value is 0.570. The van der Waals surface area contributed by atoms with Gasteiger partial charge in [0.25, 0.3) is 5.91 Å². The Bertz CT molecular complexity index is 233. The molecule has 0 aromatic heterocycles. The zero-order valence-electron chi connectivity index (χ0n) is 6.57. The summed E-state index contributed by atoms with van der Waals surface area (Å²) < 4.78 is -0.0883. The summed E-state index contributed by atoms with van der Waals surface area (Å²) in [4.78, 5) is 11.5. The van der Waals surface area contributed by atoms with Gasteiger partial charge in [0.05, 0.1) is 0 Å². The first-order valence-corrected chi connectivity index (χ1v) is 6.83. The third-order valence-electron chi connectivity index (χ3n) is 1.33. The number of nitrogens with zero attached hydrogens (tertiary/aromatic N) is 1. The van der Waals surface area contributed by atoms with Crippen LogP contribution in [-0.4, -0.2) is 25.6 Å². The van der Waals surface area contributed by atoms with E-state index in [-0.39, 0.29) is 5.91 Å². The molecule has 12 heavy (non-hydrogen) atoms. The number of rotatable bonds is 2. The monoisotopic (exact) mass is 240 g/mol. The van der Waals surface area contributed by atoms with Gasteiger partial charge in [-0.15, -0.1) is 0 Å². The smallest absolute Gasteiger partial charge is 0.269 e. The lowest BCUT2D eigenvalue weighted by Crippen LogP contribution is -2.40. The van der Waals surface area contributed by atoms with Gasteiger partial charge in [0, 0.05) is 0 Å². The van der Waals surface area contributed by atoms with Gasteiger partial charge in [-0.2, -0.15) is 0 Å².